The molecule has 3 heteroatoms. The van der Waals surface area contributed by atoms with Crippen LogP contribution in [0.4, 0.5) is 0 Å². The Morgan fingerprint density at radius 1 is 1.17 bits per heavy atom. The number of hydrogen-bond donors (Lipinski definition) is 0. The van der Waals surface area contributed by atoms with Gasteiger partial charge in [0.1, 0.15) is 5.15 Å². The van der Waals surface area contributed by atoms with Crippen LogP contribution in [-0.2, 0) is 11.2 Å². The lowest BCUT2D eigenvalue weighted by atomic mass is 9.79. The van der Waals surface area contributed by atoms with Gasteiger partial charge in [-0.15, -0.1) is 0 Å². The third-order valence-electron chi connectivity index (χ3n) is 3.64. The molecule has 0 spiro atoms. The first-order valence-electron chi connectivity index (χ1n) is 6.39. The zero-order chi connectivity index (χ0) is 14.0. The molecule has 1 heterocycles. The largest absolute Gasteiger partial charge is 0.375 e. The molecule has 102 valence electrons. The molecule has 0 atom stereocenters. The van der Waals surface area contributed by atoms with Gasteiger partial charge in [-0.2, -0.15) is 0 Å². The molecule has 18 heavy (non-hydrogen) atoms. The number of halogens is 1. The van der Waals surface area contributed by atoms with Gasteiger partial charge in [0.05, 0.1) is 12.2 Å². The van der Waals surface area contributed by atoms with Gasteiger partial charge in [-0.1, -0.05) is 32.4 Å². The van der Waals surface area contributed by atoms with E-state index in [9.17, 15) is 0 Å². The van der Waals surface area contributed by atoms with Gasteiger partial charge in [-0.05, 0) is 50.3 Å². The average Bonchev–Trinajstić information content (AvgIpc) is 2.13. The van der Waals surface area contributed by atoms with Crippen LogP contribution in [0.25, 0.3) is 0 Å². The first kappa shape index (κ1) is 15.5. The van der Waals surface area contributed by atoms with Crippen molar-refractivity contribution in [3.05, 3.63) is 28.5 Å². The molecule has 0 aliphatic heterocycles. The van der Waals surface area contributed by atoms with Crippen LogP contribution < -0.4 is 0 Å². The van der Waals surface area contributed by atoms with Crippen LogP contribution in [0, 0.1) is 12.3 Å². The highest BCUT2D eigenvalue weighted by molar-refractivity contribution is 6.29. The highest BCUT2D eigenvalue weighted by atomic mass is 35.5. The molecule has 2 nitrogen and oxygen atoms in total. The summed E-state index contributed by atoms with van der Waals surface area (Å²) in [6.07, 6.45) is 0.864. The molecular weight excluding hydrogens is 246 g/mol. The van der Waals surface area contributed by atoms with Crippen molar-refractivity contribution in [1.29, 1.82) is 0 Å². The van der Waals surface area contributed by atoms with Crippen LogP contribution in [0.2, 0.25) is 5.15 Å². The van der Waals surface area contributed by atoms with Crippen molar-refractivity contribution in [2.24, 2.45) is 5.41 Å². The van der Waals surface area contributed by atoms with E-state index < -0.39 is 0 Å². The summed E-state index contributed by atoms with van der Waals surface area (Å²) in [5.74, 6) is 0. The number of aromatic nitrogens is 1. The molecular formula is C15H24ClNO. The fraction of sp³-hybridized carbons (Fsp3) is 0.667. The highest BCUT2D eigenvalue weighted by Crippen LogP contribution is 2.32. The molecule has 1 rings (SSSR count). The van der Waals surface area contributed by atoms with Crippen molar-refractivity contribution in [3.63, 3.8) is 0 Å². The van der Waals surface area contributed by atoms with E-state index in [-0.39, 0.29) is 11.0 Å². The zero-order valence-corrected chi connectivity index (χ0v) is 13.1. The Morgan fingerprint density at radius 3 is 2.28 bits per heavy atom. The summed E-state index contributed by atoms with van der Waals surface area (Å²) < 4.78 is 6.01. The molecule has 1 aromatic rings. The molecule has 0 radical (unpaired) electrons. The Hall–Kier alpha value is -0.600. The maximum Gasteiger partial charge on any atom is 0.129 e. The number of rotatable bonds is 4. The molecule has 0 aromatic carbocycles. The second-order valence-electron chi connectivity index (χ2n) is 6.30. The molecule has 1 aromatic heterocycles. The van der Waals surface area contributed by atoms with Gasteiger partial charge < -0.3 is 4.74 Å². The summed E-state index contributed by atoms with van der Waals surface area (Å²) in [6.45, 7) is 13.5. The number of hydrogen-bond acceptors (Lipinski definition) is 2. The lowest BCUT2D eigenvalue weighted by Gasteiger charge is -2.38. The minimum absolute atomic E-state index is 0.124. The summed E-state index contributed by atoms with van der Waals surface area (Å²) in [6, 6.07) is 3.96. The highest BCUT2D eigenvalue weighted by Gasteiger charge is 2.33. The second kappa shape index (κ2) is 5.58. The van der Waals surface area contributed by atoms with Crippen LogP contribution in [0.5, 0.6) is 0 Å². The van der Waals surface area contributed by atoms with Gasteiger partial charge in [-0.3, -0.25) is 0 Å². The lowest BCUT2D eigenvalue weighted by Crippen LogP contribution is -2.40. The maximum absolute atomic E-state index is 6.01. The van der Waals surface area contributed by atoms with Crippen molar-refractivity contribution < 1.29 is 4.74 Å². The standard InChI is InChI=1S/C15H24ClNO/c1-11-9-12(10-13(16)17-11)7-8-18-15(5,6)14(2,3)4/h9-10H,7-8H2,1-6H3. The van der Waals surface area contributed by atoms with Crippen molar-refractivity contribution in [2.45, 2.75) is 53.6 Å². The SMILES string of the molecule is Cc1cc(CCOC(C)(C)C(C)(C)C)cc(Cl)n1. The summed E-state index contributed by atoms with van der Waals surface area (Å²) in [4.78, 5) is 4.15. The third-order valence-corrected chi connectivity index (χ3v) is 3.84. The van der Waals surface area contributed by atoms with E-state index in [1.807, 2.05) is 13.0 Å². The van der Waals surface area contributed by atoms with E-state index in [2.05, 4.69) is 45.7 Å². The molecule has 0 N–H and O–H groups in total. The first-order chi connectivity index (χ1) is 8.12. The van der Waals surface area contributed by atoms with Crippen molar-refractivity contribution in [2.75, 3.05) is 6.61 Å². The monoisotopic (exact) mass is 269 g/mol. The van der Waals surface area contributed by atoms with E-state index in [0.29, 0.717) is 11.8 Å². The van der Waals surface area contributed by atoms with Gasteiger partial charge in [0.15, 0.2) is 0 Å². The second-order valence-corrected chi connectivity index (χ2v) is 6.69. The molecule has 0 aliphatic rings. The van der Waals surface area contributed by atoms with Gasteiger partial charge >= 0.3 is 0 Å². The number of pyridine rings is 1. The van der Waals surface area contributed by atoms with E-state index >= 15 is 0 Å². The average molecular weight is 270 g/mol. The Labute approximate surface area is 116 Å². The molecule has 0 fully saturated rings. The van der Waals surface area contributed by atoms with Gasteiger partial charge in [-0.25, -0.2) is 4.98 Å². The van der Waals surface area contributed by atoms with Gasteiger partial charge in [0.25, 0.3) is 0 Å². The smallest absolute Gasteiger partial charge is 0.129 e. The van der Waals surface area contributed by atoms with E-state index in [4.69, 9.17) is 16.3 Å². The predicted molar refractivity (Wildman–Crippen MR) is 77.2 cm³/mol. The number of aryl methyl sites for hydroxylation is 1. The Balaban J connectivity index is 2.57. The summed E-state index contributed by atoms with van der Waals surface area (Å²) in [5.41, 5.74) is 2.11. The number of ether oxygens (including phenoxy) is 1. The molecule has 0 amide bonds. The van der Waals surface area contributed by atoms with Crippen LogP contribution in [0.15, 0.2) is 12.1 Å². The minimum Gasteiger partial charge on any atom is -0.375 e. The summed E-state index contributed by atoms with van der Waals surface area (Å²) >= 11 is 5.94. The van der Waals surface area contributed by atoms with E-state index in [1.165, 1.54) is 5.56 Å². The fourth-order valence-electron chi connectivity index (χ4n) is 1.48. The number of nitrogens with zero attached hydrogens (tertiary/aromatic N) is 1. The summed E-state index contributed by atoms with van der Waals surface area (Å²) in [5, 5.41) is 0.556. The molecule has 0 saturated carbocycles. The maximum atomic E-state index is 6.01. The van der Waals surface area contributed by atoms with Crippen molar-refractivity contribution in [1.82, 2.24) is 4.98 Å². The molecule has 0 aliphatic carbocycles. The van der Waals surface area contributed by atoms with Crippen LogP contribution in [-0.4, -0.2) is 17.2 Å². The Morgan fingerprint density at radius 2 is 1.78 bits per heavy atom. The van der Waals surface area contributed by atoms with Gasteiger partial charge in [0, 0.05) is 5.69 Å². The van der Waals surface area contributed by atoms with Crippen molar-refractivity contribution >= 4 is 11.6 Å². The predicted octanol–water partition coefficient (Wildman–Crippen LogP) is 4.43. The topological polar surface area (TPSA) is 22.1 Å². The molecule has 0 saturated heterocycles. The van der Waals surface area contributed by atoms with E-state index in [0.717, 1.165) is 12.1 Å². The normalized spacial score (nSPS) is 12.8. The van der Waals surface area contributed by atoms with Crippen molar-refractivity contribution in [3.8, 4) is 0 Å². The lowest BCUT2D eigenvalue weighted by molar-refractivity contribution is -0.0890. The van der Waals surface area contributed by atoms with Crippen LogP contribution in [0.3, 0.4) is 0 Å². The molecule has 0 bridgehead atoms. The summed E-state index contributed by atoms with van der Waals surface area (Å²) in [7, 11) is 0. The van der Waals surface area contributed by atoms with Crippen LogP contribution >= 0.6 is 11.6 Å². The quantitative estimate of drug-likeness (QED) is 0.755. The van der Waals surface area contributed by atoms with Gasteiger partial charge in [0.2, 0.25) is 0 Å². The van der Waals surface area contributed by atoms with Crippen LogP contribution in [0.1, 0.15) is 45.9 Å². The third kappa shape index (κ3) is 4.25. The fourth-order valence-corrected chi connectivity index (χ4v) is 1.75. The molecule has 0 unspecified atom stereocenters. The Bertz CT molecular complexity index is 387. The van der Waals surface area contributed by atoms with E-state index in [1.54, 1.807) is 0 Å². The zero-order valence-electron chi connectivity index (χ0n) is 12.3. The Kier molecular flexibility index (Phi) is 4.79. The first-order valence-corrected chi connectivity index (χ1v) is 6.77. The minimum atomic E-state index is -0.140.